The van der Waals surface area contributed by atoms with E-state index in [1.165, 1.54) is 0 Å². The molecule has 1 unspecified atom stereocenters. The molecule has 1 aromatic carbocycles. The maximum Gasteiger partial charge on any atom is 0.325 e. The molecular formula is C14H20N2O3. The minimum absolute atomic E-state index is 0.580. The van der Waals surface area contributed by atoms with Crippen LogP contribution in [0.15, 0.2) is 12.1 Å². The number of rotatable bonds is 3. The number of anilines is 1. The molecule has 5 nitrogen and oxygen atoms in total. The van der Waals surface area contributed by atoms with Gasteiger partial charge in [0.05, 0.1) is 13.2 Å². The molecule has 1 aliphatic rings. The van der Waals surface area contributed by atoms with Crippen LogP contribution in [-0.2, 0) is 9.53 Å². The molecule has 1 aromatic rings. The van der Waals surface area contributed by atoms with Crippen LogP contribution >= 0.6 is 0 Å². The van der Waals surface area contributed by atoms with E-state index in [4.69, 9.17) is 10.5 Å². The molecule has 0 radical (unpaired) electrons. The first kappa shape index (κ1) is 13.8. The Bertz CT molecular complexity index is 459. The van der Waals surface area contributed by atoms with Gasteiger partial charge in [0.2, 0.25) is 0 Å². The summed E-state index contributed by atoms with van der Waals surface area (Å²) in [5, 5.41) is 9.52. The summed E-state index contributed by atoms with van der Waals surface area (Å²) >= 11 is 0. The third-order valence-corrected chi connectivity index (χ3v) is 3.58. The van der Waals surface area contributed by atoms with Gasteiger partial charge in [0.25, 0.3) is 0 Å². The Labute approximate surface area is 113 Å². The predicted molar refractivity (Wildman–Crippen MR) is 73.1 cm³/mol. The minimum atomic E-state index is -0.828. The summed E-state index contributed by atoms with van der Waals surface area (Å²) in [5.74, 6) is -0.828. The first-order chi connectivity index (χ1) is 9.00. The molecule has 0 aliphatic carbocycles. The Kier molecular flexibility index (Phi) is 4.07. The number of carboxylic acid groups (broad SMARTS) is 1. The third-order valence-electron chi connectivity index (χ3n) is 3.58. The zero-order chi connectivity index (χ0) is 14.0. The Balaban J connectivity index is 2.36. The van der Waals surface area contributed by atoms with Gasteiger partial charge in [-0.05, 0) is 30.5 Å². The number of nitrogens with zero attached hydrogens (tertiary/aromatic N) is 1. The molecule has 1 heterocycles. The number of aliphatic carboxylic acids is 1. The van der Waals surface area contributed by atoms with Crippen LogP contribution in [0.25, 0.3) is 0 Å². The van der Waals surface area contributed by atoms with Gasteiger partial charge in [-0.1, -0.05) is 12.1 Å². The highest BCUT2D eigenvalue weighted by molar-refractivity contribution is 5.76. The van der Waals surface area contributed by atoms with Crippen molar-refractivity contribution in [2.45, 2.75) is 19.9 Å². The molecule has 0 amide bonds. The first-order valence-corrected chi connectivity index (χ1v) is 6.42. The van der Waals surface area contributed by atoms with E-state index < -0.39 is 12.0 Å². The summed E-state index contributed by atoms with van der Waals surface area (Å²) in [4.78, 5) is 13.5. The van der Waals surface area contributed by atoms with Crippen molar-refractivity contribution in [1.29, 1.82) is 0 Å². The topological polar surface area (TPSA) is 75.8 Å². The molecule has 0 bridgehead atoms. The lowest BCUT2D eigenvalue weighted by atomic mass is 9.98. The summed E-state index contributed by atoms with van der Waals surface area (Å²) in [6.45, 7) is 6.25. The number of carboxylic acids is 1. The molecule has 3 N–H and O–H groups in total. The molecule has 0 spiro atoms. The van der Waals surface area contributed by atoms with E-state index >= 15 is 0 Å². The normalized spacial score (nSPS) is 18.2. The number of nitrogen functional groups attached to an aromatic ring is 1. The van der Waals surface area contributed by atoms with E-state index in [-0.39, 0.29) is 0 Å². The van der Waals surface area contributed by atoms with Crippen molar-refractivity contribution in [3.63, 3.8) is 0 Å². The van der Waals surface area contributed by atoms with E-state index in [1.54, 1.807) is 0 Å². The molecule has 0 saturated carbocycles. The van der Waals surface area contributed by atoms with Gasteiger partial charge in [0.15, 0.2) is 0 Å². The number of carbonyl (C=O) groups is 1. The van der Waals surface area contributed by atoms with Gasteiger partial charge in [-0.2, -0.15) is 0 Å². The zero-order valence-corrected chi connectivity index (χ0v) is 11.3. The number of morpholine rings is 1. The number of nitrogens with two attached hydrogens (primary N) is 1. The quantitative estimate of drug-likeness (QED) is 0.806. The largest absolute Gasteiger partial charge is 0.480 e. The third kappa shape index (κ3) is 2.88. The lowest BCUT2D eigenvalue weighted by molar-refractivity contribution is -0.145. The van der Waals surface area contributed by atoms with Crippen molar-refractivity contribution in [2.75, 3.05) is 32.0 Å². The molecular weight excluding hydrogens is 244 g/mol. The number of benzene rings is 1. The van der Waals surface area contributed by atoms with Crippen molar-refractivity contribution in [1.82, 2.24) is 4.90 Å². The summed E-state index contributed by atoms with van der Waals surface area (Å²) in [6.07, 6.45) is 0. The van der Waals surface area contributed by atoms with Crippen LogP contribution in [0.3, 0.4) is 0 Å². The van der Waals surface area contributed by atoms with E-state index in [9.17, 15) is 9.90 Å². The standard InChI is InChI=1S/C14H20N2O3/c1-9-7-11(8-10(2)12(9)15)13(14(17)18)16-3-5-19-6-4-16/h7-8,13H,3-6,15H2,1-2H3,(H,17,18). The van der Waals surface area contributed by atoms with Crippen molar-refractivity contribution in [3.05, 3.63) is 28.8 Å². The Morgan fingerprint density at radius 1 is 1.32 bits per heavy atom. The molecule has 1 saturated heterocycles. The fourth-order valence-electron chi connectivity index (χ4n) is 2.51. The highest BCUT2D eigenvalue weighted by atomic mass is 16.5. The number of aryl methyl sites for hydroxylation is 2. The second-order valence-electron chi connectivity index (χ2n) is 4.96. The molecule has 1 fully saturated rings. The van der Waals surface area contributed by atoms with E-state index in [2.05, 4.69) is 0 Å². The summed E-state index contributed by atoms with van der Waals surface area (Å²) in [6, 6.07) is 3.12. The molecule has 1 aliphatic heterocycles. The summed E-state index contributed by atoms with van der Waals surface area (Å²) in [7, 11) is 0. The van der Waals surface area contributed by atoms with Gasteiger partial charge < -0.3 is 15.6 Å². The minimum Gasteiger partial charge on any atom is -0.480 e. The average molecular weight is 264 g/mol. The van der Waals surface area contributed by atoms with Crippen LogP contribution in [0.4, 0.5) is 5.69 Å². The Morgan fingerprint density at radius 3 is 2.32 bits per heavy atom. The van der Waals surface area contributed by atoms with Gasteiger partial charge in [-0.15, -0.1) is 0 Å². The van der Waals surface area contributed by atoms with Gasteiger partial charge in [-0.25, -0.2) is 0 Å². The maximum absolute atomic E-state index is 11.6. The highest BCUT2D eigenvalue weighted by Gasteiger charge is 2.29. The molecule has 2 rings (SSSR count). The Morgan fingerprint density at radius 2 is 1.84 bits per heavy atom. The fraction of sp³-hybridized carbons (Fsp3) is 0.500. The predicted octanol–water partition coefficient (Wildman–Crippen LogP) is 1.34. The van der Waals surface area contributed by atoms with Crippen LogP contribution in [0.5, 0.6) is 0 Å². The Hall–Kier alpha value is -1.59. The first-order valence-electron chi connectivity index (χ1n) is 6.42. The smallest absolute Gasteiger partial charge is 0.325 e. The number of hydrogen-bond acceptors (Lipinski definition) is 4. The summed E-state index contributed by atoms with van der Waals surface area (Å²) in [5.41, 5.74) is 9.30. The van der Waals surface area contributed by atoms with Crippen molar-refractivity contribution in [2.24, 2.45) is 0 Å². The average Bonchev–Trinajstić information content (AvgIpc) is 2.37. The van der Waals surface area contributed by atoms with E-state index in [1.807, 2.05) is 30.9 Å². The second-order valence-corrected chi connectivity index (χ2v) is 4.96. The van der Waals surface area contributed by atoms with Crippen LogP contribution < -0.4 is 5.73 Å². The molecule has 5 heteroatoms. The van der Waals surface area contributed by atoms with Crippen LogP contribution in [0, 0.1) is 13.8 Å². The van der Waals surface area contributed by atoms with Crippen LogP contribution in [-0.4, -0.2) is 42.3 Å². The van der Waals surface area contributed by atoms with Crippen molar-refractivity contribution >= 4 is 11.7 Å². The van der Waals surface area contributed by atoms with Crippen LogP contribution in [0.2, 0.25) is 0 Å². The molecule has 1 atom stereocenters. The van der Waals surface area contributed by atoms with Gasteiger partial charge in [-0.3, -0.25) is 9.69 Å². The zero-order valence-electron chi connectivity index (χ0n) is 11.3. The van der Waals surface area contributed by atoms with Gasteiger partial charge >= 0.3 is 5.97 Å². The lowest BCUT2D eigenvalue weighted by Gasteiger charge is -2.32. The number of ether oxygens (including phenoxy) is 1. The lowest BCUT2D eigenvalue weighted by Crippen LogP contribution is -2.42. The maximum atomic E-state index is 11.6. The van der Waals surface area contributed by atoms with E-state index in [0.717, 1.165) is 22.4 Å². The van der Waals surface area contributed by atoms with Crippen molar-refractivity contribution in [3.8, 4) is 0 Å². The van der Waals surface area contributed by atoms with Gasteiger partial charge in [0.1, 0.15) is 6.04 Å². The monoisotopic (exact) mass is 264 g/mol. The molecule has 104 valence electrons. The second kappa shape index (κ2) is 5.59. The van der Waals surface area contributed by atoms with E-state index in [0.29, 0.717) is 26.3 Å². The number of hydrogen-bond donors (Lipinski definition) is 2. The van der Waals surface area contributed by atoms with Gasteiger partial charge in [0, 0.05) is 18.8 Å². The highest BCUT2D eigenvalue weighted by Crippen LogP contribution is 2.27. The van der Waals surface area contributed by atoms with Crippen LogP contribution in [0.1, 0.15) is 22.7 Å². The SMILES string of the molecule is Cc1cc(C(C(=O)O)N2CCOCC2)cc(C)c1N. The molecule has 0 aromatic heterocycles. The summed E-state index contributed by atoms with van der Waals surface area (Å²) < 4.78 is 5.28. The van der Waals surface area contributed by atoms with Crippen molar-refractivity contribution < 1.29 is 14.6 Å². The molecule has 19 heavy (non-hydrogen) atoms. The fourth-order valence-corrected chi connectivity index (χ4v) is 2.51.